The SMILES string of the molecule is CN(C)c1nc(N[C@H]2CC[C@@H](NCc3ccc(C(F)(F)F)cc3F)CC2)nc2ccccc12. The molecule has 2 aromatic carbocycles. The molecular weight excluding hydrogens is 434 g/mol. The topological polar surface area (TPSA) is 53.1 Å². The third-order valence-electron chi connectivity index (χ3n) is 6.03. The number of hydrogen-bond acceptors (Lipinski definition) is 5. The number of nitrogens with zero attached hydrogens (tertiary/aromatic N) is 3. The lowest BCUT2D eigenvalue weighted by molar-refractivity contribution is -0.137. The molecule has 1 heterocycles. The molecule has 0 aliphatic heterocycles. The molecule has 3 aromatic rings. The van der Waals surface area contributed by atoms with E-state index in [1.54, 1.807) is 0 Å². The number of rotatable bonds is 6. The smallest absolute Gasteiger partial charge is 0.362 e. The quantitative estimate of drug-likeness (QED) is 0.484. The third kappa shape index (κ3) is 5.52. The fourth-order valence-corrected chi connectivity index (χ4v) is 4.21. The minimum absolute atomic E-state index is 0.180. The number of aromatic nitrogens is 2. The van der Waals surface area contributed by atoms with Crippen molar-refractivity contribution in [2.24, 2.45) is 0 Å². The molecule has 4 rings (SSSR count). The van der Waals surface area contributed by atoms with Crippen molar-refractivity contribution in [1.82, 2.24) is 15.3 Å². The molecule has 1 aliphatic carbocycles. The van der Waals surface area contributed by atoms with Gasteiger partial charge in [-0.3, -0.25) is 0 Å². The van der Waals surface area contributed by atoms with E-state index in [-0.39, 0.29) is 24.2 Å². The van der Waals surface area contributed by atoms with Crippen LogP contribution in [0.1, 0.15) is 36.8 Å². The molecule has 0 unspecified atom stereocenters. The highest BCUT2D eigenvalue weighted by Crippen LogP contribution is 2.30. The first-order chi connectivity index (χ1) is 15.7. The van der Waals surface area contributed by atoms with Crippen molar-refractivity contribution in [3.63, 3.8) is 0 Å². The highest BCUT2D eigenvalue weighted by molar-refractivity contribution is 5.90. The maximum absolute atomic E-state index is 14.1. The molecule has 33 heavy (non-hydrogen) atoms. The number of alkyl halides is 3. The summed E-state index contributed by atoms with van der Waals surface area (Å²) in [5.41, 5.74) is 0.153. The van der Waals surface area contributed by atoms with E-state index < -0.39 is 17.6 Å². The average Bonchev–Trinajstić information content (AvgIpc) is 2.78. The number of halogens is 4. The molecule has 0 radical (unpaired) electrons. The Morgan fingerprint density at radius 1 is 0.970 bits per heavy atom. The molecule has 0 spiro atoms. The van der Waals surface area contributed by atoms with Crippen molar-refractivity contribution in [3.05, 3.63) is 59.4 Å². The third-order valence-corrected chi connectivity index (χ3v) is 6.03. The number of para-hydroxylation sites is 1. The lowest BCUT2D eigenvalue weighted by atomic mass is 9.91. The molecule has 0 bridgehead atoms. The van der Waals surface area contributed by atoms with Crippen molar-refractivity contribution < 1.29 is 17.6 Å². The van der Waals surface area contributed by atoms with Crippen LogP contribution in [0.4, 0.5) is 29.3 Å². The Balaban J connectivity index is 1.33. The van der Waals surface area contributed by atoms with Crippen LogP contribution in [0.3, 0.4) is 0 Å². The Bertz CT molecular complexity index is 1110. The second kappa shape index (κ2) is 9.51. The van der Waals surface area contributed by atoms with Crippen LogP contribution in [0, 0.1) is 5.82 Å². The van der Waals surface area contributed by atoms with Gasteiger partial charge in [0.2, 0.25) is 5.95 Å². The molecule has 9 heteroatoms. The maximum atomic E-state index is 14.1. The summed E-state index contributed by atoms with van der Waals surface area (Å²) in [5.74, 6) is 0.621. The van der Waals surface area contributed by atoms with E-state index in [2.05, 4.69) is 20.6 Å². The number of anilines is 2. The molecule has 0 saturated heterocycles. The van der Waals surface area contributed by atoms with E-state index in [0.717, 1.165) is 48.5 Å². The summed E-state index contributed by atoms with van der Waals surface area (Å²) in [6, 6.07) is 11.0. The van der Waals surface area contributed by atoms with Gasteiger partial charge in [0, 0.05) is 43.7 Å². The van der Waals surface area contributed by atoms with Gasteiger partial charge in [-0.05, 0) is 49.9 Å². The van der Waals surface area contributed by atoms with E-state index in [9.17, 15) is 17.6 Å². The second-order valence-electron chi connectivity index (χ2n) is 8.66. The van der Waals surface area contributed by atoms with Gasteiger partial charge in [-0.15, -0.1) is 0 Å². The van der Waals surface area contributed by atoms with Gasteiger partial charge in [0.15, 0.2) is 0 Å². The molecular formula is C24H27F4N5. The zero-order valence-corrected chi connectivity index (χ0v) is 18.6. The average molecular weight is 462 g/mol. The van der Waals surface area contributed by atoms with Gasteiger partial charge in [-0.25, -0.2) is 9.37 Å². The van der Waals surface area contributed by atoms with Crippen molar-refractivity contribution in [1.29, 1.82) is 0 Å². The van der Waals surface area contributed by atoms with Crippen molar-refractivity contribution in [2.45, 2.75) is 50.5 Å². The summed E-state index contributed by atoms with van der Waals surface area (Å²) < 4.78 is 52.2. The molecule has 2 N–H and O–H groups in total. The lowest BCUT2D eigenvalue weighted by Crippen LogP contribution is -2.37. The summed E-state index contributed by atoms with van der Waals surface area (Å²) in [7, 11) is 3.91. The summed E-state index contributed by atoms with van der Waals surface area (Å²) in [5, 5.41) is 7.73. The Morgan fingerprint density at radius 2 is 1.67 bits per heavy atom. The van der Waals surface area contributed by atoms with Crippen LogP contribution in [0.25, 0.3) is 10.9 Å². The zero-order chi connectivity index (χ0) is 23.6. The van der Waals surface area contributed by atoms with Gasteiger partial charge < -0.3 is 15.5 Å². The largest absolute Gasteiger partial charge is 0.416 e. The summed E-state index contributed by atoms with van der Waals surface area (Å²) in [6.45, 7) is 0.201. The van der Waals surface area contributed by atoms with Crippen LogP contribution in [0.2, 0.25) is 0 Å². The Morgan fingerprint density at radius 3 is 2.33 bits per heavy atom. The van der Waals surface area contributed by atoms with Crippen LogP contribution in [-0.4, -0.2) is 36.1 Å². The van der Waals surface area contributed by atoms with Gasteiger partial charge in [0.05, 0.1) is 11.1 Å². The summed E-state index contributed by atoms with van der Waals surface area (Å²) in [6.07, 6.45) is -1.02. The van der Waals surface area contributed by atoms with Gasteiger partial charge in [-0.1, -0.05) is 18.2 Å². The van der Waals surface area contributed by atoms with Gasteiger partial charge >= 0.3 is 6.18 Å². The van der Waals surface area contributed by atoms with Crippen LogP contribution >= 0.6 is 0 Å². The fraction of sp³-hybridized carbons (Fsp3) is 0.417. The van der Waals surface area contributed by atoms with Gasteiger partial charge in [0.25, 0.3) is 0 Å². The number of nitrogens with one attached hydrogen (secondary N) is 2. The van der Waals surface area contributed by atoms with Gasteiger partial charge in [-0.2, -0.15) is 18.2 Å². The maximum Gasteiger partial charge on any atom is 0.416 e. The Kier molecular flexibility index (Phi) is 6.69. The van der Waals surface area contributed by atoms with E-state index in [1.807, 2.05) is 43.3 Å². The molecule has 176 valence electrons. The second-order valence-corrected chi connectivity index (χ2v) is 8.66. The highest BCUT2D eigenvalue weighted by atomic mass is 19.4. The minimum Gasteiger partial charge on any atom is -0.362 e. The Labute approximate surface area is 190 Å². The molecule has 1 saturated carbocycles. The van der Waals surface area contributed by atoms with Gasteiger partial charge in [0.1, 0.15) is 11.6 Å². The lowest BCUT2D eigenvalue weighted by Gasteiger charge is -2.30. The standard InChI is InChI=1S/C24H27F4N5/c1-33(2)22-19-5-3-4-6-21(19)31-23(32-22)30-18-11-9-17(10-12-18)29-14-15-7-8-16(13-20(15)25)24(26,27)28/h3-8,13,17-18,29H,9-12,14H2,1-2H3,(H,30,31,32)/t17-,18+. The molecule has 0 atom stereocenters. The minimum atomic E-state index is -4.54. The Hall–Kier alpha value is -2.94. The van der Waals surface area contributed by atoms with Crippen LogP contribution in [-0.2, 0) is 12.7 Å². The van der Waals surface area contributed by atoms with Crippen LogP contribution < -0.4 is 15.5 Å². The zero-order valence-electron chi connectivity index (χ0n) is 18.6. The van der Waals surface area contributed by atoms with E-state index in [1.165, 1.54) is 6.07 Å². The fourth-order valence-electron chi connectivity index (χ4n) is 4.21. The predicted octanol–water partition coefficient (Wildman–Crippen LogP) is 5.37. The van der Waals surface area contributed by atoms with Crippen LogP contribution in [0.15, 0.2) is 42.5 Å². The molecule has 1 aliphatic rings. The van der Waals surface area contributed by atoms with Crippen molar-refractivity contribution in [3.8, 4) is 0 Å². The van der Waals surface area contributed by atoms with Crippen LogP contribution in [0.5, 0.6) is 0 Å². The predicted molar refractivity (Wildman–Crippen MR) is 122 cm³/mol. The summed E-state index contributed by atoms with van der Waals surface area (Å²) >= 11 is 0. The first-order valence-electron chi connectivity index (χ1n) is 11.0. The van der Waals surface area contributed by atoms with E-state index in [4.69, 9.17) is 0 Å². The number of benzene rings is 2. The molecule has 5 nitrogen and oxygen atoms in total. The normalized spacial score (nSPS) is 19.0. The highest BCUT2D eigenvalue weighted by Gasteiger charge is 2.31. The monoisotopic (exact) mass is 461 g/mol. The van der Waals surface area contributed by atoms with Crippen molar-refractivity contribution in [2.75, 3.05) is 24.3 Å². The van der Waals surface area contributed by atoms with Crippen molar-refractivity contribution >= 4 is 22.7 Å². The van der Waals surface area contributed by atoms with E-state index >= 15 is 0 Å². The van der Waals surface area contributed by atoms with E-state index in [0.29, 0.717) is 12.0 Å². The number of hydrogen-bond donors (Lipinski definition) is 2. The molecule has 0 amide bonds. The first kappa shape index (κ1) is 23.2. The molecule has 1 fully saturated rings. The molecule has 1 aromatic heterocycles. The summed E-state index contributed by atoms with van der Waals surface area (Å²) in [4.78, 5) is 11.3. The first-order valence-corrected chi connectivity index (χ1v) is 11.0. The number of fused-ring (bicyclic) bond motifs is 1.